The van der Waals surface area contributed by atoms with E-state index in [-0.39, 0.29) is 18.4 Å². The molecule has 0 unspecified atom stereocenters. The lowest BCUT2D eigenvalue weighted by atomic mass is 10.2. The normalized spacial score (nSPS) is 14.3. The third kappa shape index (κ3) is 5.82. The molecule has 0 aliphatic carbocycles. The molecule has 1 fully saturated rings. The first-order valence-corrected chi connectivity index (χ1v) is 8.22. The van der Waals surface area contributed by atoms with E-state index in [9.17, 15) is 9.59 Å². The van der Waals surface area contributed by atoms with Crippen LogP contribution in [0.25, 0.3) is 0 Å². The van der Waals surface area contributed by atoms with Gasteiger partial charge in [0.1, 0.15) is 5.75 Å². The Morgan fingerprint density at radius 2 is 2.00 bits per heavy atom. The van der Waals surface area contributed by atoms with Gasteiger partial charge in [-0.15, -0.1) is 0 Å². The van der Waals surface area contributed by atoms with E-state index in [1.165, 1.54) is 0 Å². The molecule has 0 saturated carbocycles. The van der Waals surface area contributed by atoms with Crippen molar-refractivity contribution >= 4 is 17.5 Å². The minimum atomic E-state index is -0.0755. The van der Waals surface area contributed by atoms with Gasteiger partial charge < -0.3 is 25.0 Å². The number of nitrogens with one attached hydrogen (secondary N) is 2. The first-order valence-electron chi connectivity index (χ1n) is 8.22. The van der Waals surface area contributed by atoms with E-state index in [2.05, 4.69) is 10.6 Å². The van der Waals surface area contributed by atoms with Gasteiger partial charge in [0.05, 0.1) is 18.9 Å². The van der Waals surface area contributed by atoms with E-state index < -0.39 is 0 Å². The third-order valence-corrected chi connectivity index (χ3v) is 3.71. The molecule has 0 atom stereocenters. The predicted molar refractivity (Wildman–Crippen MR) is 91.1 cm³/mol. The second-order valence-corrected chi connectivity index (χ2v) is 5.53. The standard InChI is InChI=1S/C17H25N3O4/c1-18-8-4-7-16(21)19-14-5-2-3-6-15(14)24-13-17(22)20-9-11-23-12-10-20/h2-3,5-6,18H,4,7-13H2,1H3,(H,19,21). The molecule has 1 aromatic carbocycles. The quantitative estimate of drug-likeness (QED) is 0.689. The number of benzene rings is 1. The second kappa shape index (κ2) is 9.89. The smallest absolute Gasteiger partial charge is 0.260 e. The van der Waals surface area contributed by atoms with Crippen LogP contribution in [0.3, 0.4) is 0 Å². The minimum absolute atomic E-state index is 0.0490. The molecule has 0 spiro atoms. The van der Waals surface area contributed by atoms with Crippen LogP contribution in [0.5, 0.6) is 5.75 Å². The van der Waals surface area contributed by atoms with Gasteiger partial charge in [0.15, 0.2) is 6.61 Å². The highest BCUT2D eigenvalue weighted by molar-refractivity contribution is 5.92. The van der Waals surface area contributed by atoms with Crippen molar-refractivity contribution in [3.05, 3.63) is 24.3 Å². The molecule has 2 amide bonds. The summed E-state index contributed by atoms with van der Waals surface area (Å²) >= 11 is 0. The lowest BCUT2D eigenvalue weighted by Crippen LogP contribution is -2.43. The summed E-state index contributed by atoms with van der Waals surface area (Å²) in [5.41, 5.74) is 0.585. The number of anilines is 1. The summed E-state index contributed by atoms with van der Waals surface area (Å²) in [6, 6.07) is 7.14. The second-order valence-electron chi connectivity index (χ2n) is 5.53. The maximum Gasteiger partial charge on any atom is 0.260 e. The Balaban J connectivity index is 1.86. The topological polar surface area (TPSA) is 79.9 Å². The van der Waals surface area contributed by atoms with Crippen molar-refractivity contribution in [2.45, 2.75) is 12.8 Å². The molecule has 0 radical (unpaired) electrons. The zero-order chi connectivity index (χ0) is 17.2. The molecule has 1 saturated heterocycles. The molecule has 1 aromatic rings. The Hall–Kier alpha value is -2.12. The lowest BCUT2D eigenvalue weighted by molar-refractivity contribution is -0.137. The first-order chi connectivity index (χ1) is 11.7. The van der Waals surface area contributed by atoms with E-state index in [1.54, 1.807) is 17.0 Å². The number of hydrogen-bond acceptors (Lipinski definition) is 5. The van der Waals surface area contributed by atoms with Crippen molar-refractivity contribution in [1.82, 2.24) is 10.2 Å². The molecule has 0 bridgehead atoms. The van der Waals surface area contributed by atoms with Crippen LogP contribution in [-0.4, -0.2) is 63.2 Å². The highest BCUT2D eigenvalue weighted by atomic mass is 16.5. The Labute approximate surface area is 142 Å². The van der Waals surface area contributed by atoms with E-state index in [4.69, 9.17) is 9.47 Å². The van der Waals surface area contributed by atoms with Gasteiger partial charge in [0.25, 0.3) is 5.91 Å². The van der Waals surface area contributed by atoms with Crippen molar-refractivity contribution in [3.63, 3.8) is 0 Å². The maximum atomic E-state index is 12.1. The molecule has 0 aromatic heterocycles. The fourth-order valence-electron chi connectivity index (χ4n) is 2.38. The monoisotopic (exact) mass is 335 g/mol. The van der Waals surface area contributed by atoms with Gasteiger partial charge in [-0.05, 0) is 32.1 Å². The van der Waals surface area contributed by atoms with Crippen molar-refractivity contribution in [3.8, 4) is 5.75 Å². The SMILES string of the molecule is CNCCCC(=O)Nc1ccccc1OCC(=O)N1CCOCC1. The third-order valence-electron chi connectivity index (χ3n) is 3.71. The number of ether oxygens (including phenoxy) is 2. The molecule has 1 aliphatic rings. The summed E-state index contributed by atoms with van der Waals surface area (Å²) in [5.74, 6) is 0.357. The maximum absolute atomic E-state index is 12.1. The van der Waals surface area contributed by atoms with Crippen molar-refractivity contribution in [2.75, 3.05) is 51.8 Å². The summed E-state index contributed by atoms with van der Waals surface area (Å²) in [6.45, 7) is 3.04. The number of hydrogen-bond donors (Lipinski definition) is 2. The fraction of sp³-hybridized carbons (Fsp3) is 0.529. The van der Waals surface area contributed by atoms with Crippen LogP contribution in [0.15, 0.2) is 24.3 Å². The van der Waals surface area contributed by atoms with Crippen LogP contribution in [0.2, 0.25) is 0 Å². The summed E-state index contributed by atoms with van der Waals surface area (Å²) in [4.78, 5) is 25.8. The Morgan fingerprint density at radius 1 is 1.25 bits per heavy atom. The summed E-state index contributed by atoms with van der Waals surface area (Å²) < 4.78 is 10.8. The number of carbonyl (C=O) groups is 2. The fourth-order valence-corrected chi connectivity index (χ4v) is 2.38. The van der Waals surface area contributed by atoms with Gasteiger partial charge in [-0.2, -0.15) is 0 Å². The molecular weight excluding hydrogens is 310 g/mol. The van der Waals surface area contributed by atoms with Crippen LogP contribution in [0.1, 0.15) is 12.8 Å². The molecule has 2 N–H and O–H groups in total. The van der Waals surface area contributed by atoms with Crippen molar-refractivity contribution in [2.24, 2.45) is 0 Å². The molecule has 1 heterocycles. The highest BCUT2D eigenvalue weighted by Crippen LogP contribution is 2.24. The lowest BCUT2D eigenvalue weighted by Gasteiger charge is -2.26. The van der Waals surface area contributed by atoms with Gasteiger partial charge in [-0.1, -0.05) is 12.1 Å². The average molecular weight is 335 g/mol. The molecule has 7 heteroatoms. The van der Waals surface area contributed by atoms with E-state index in [0.29, 0.717) is 44.2 Å². The molecule has 2 rings (SSSR count). The van der Waals surface area contributed by atoms with Gasteiger partial charge in [-0.25, -0.2) is 0 Å². The van der Waals surface area contributed by atoms with Gasteiger partial charge in [-0.3, -0.25) is 9.59 Å². The van der Waals surface area contributed by atoms with Crippen LogP contribution in [0, 0.1) is 0 Å². The van der Waals surface area contributed by atoms with Crippen LogP contribution >= 0.6 is 0 Å². The summed E-state index contributed by atoms with van der Waals surface area (Å²) in [7, 11) is 1.85. The molecule has 1 aliphatic heterocycles. The van der Waals surface area contributed by atoms with Crippen LogP contribution in [0.4, 0.5) is 5.69 Å². The summed E-state index contributed by atoms with van der Waals surface area (Å²) in [5, 5.41) is 5.84. The van der Waals surface area contributed by atoms with E-state index in [1.807, 2.05) is 19.2 Å². The van der Waals surface area contributed by atoms with E-state index >= 15 is 0 Å². The minimum Gasteiger partial charge on any atom is -0.482 e. The summed E-state index contributed by atoms with van der Waals surface area (Å²) in [6.07, 6.45) is 1.20. The number of nitrogens with zero attached hydrogens (tertiary/aromatic N) is 1. The van der Waals surface area contributed by atoms with Crippen molar-refractivity contribution < 1.29 is 19.1 Å². The van der Waals surface area contributed by atoms with Crippen LogP contribution < -0.4 is 15.4 Å². The number of amides is 2. The number of carbonyl (C=O) groups excluding carboxylic acids is 2. The number of morpholine rings is 1. The van der Waals surface area contributed by atoms with Gasteiger partial charge in [0.2, 0.25) is 5.91 Å². The first kappa shape index (κ1) is 18.2. The number of rotatable bonds is 8. The molecule has 7 nitrogen and oxygen atoms in total. The molecule has 24 heavy (non-hydrogen) atoms. The van der Waals surface area contributed by atoms with Crippen molar-refractivity contribution in [1.29, 1.82) is 0 Å². The van der Waals surface area contributed by atoms with E-state index in [0.717, 1.165) is 13.0 Å². The van der Waals surface area contributed by atoms with Gasteiger partial charge >= 0.3 is 0 Å². The highest BCUT2D eigenvalue weighted by Gasteiger charge is 2.17. The predicted octanol–water partition coefficient (Wildman–Crippen LogP) is 0.862. The zero-order valence-electron chi connectivity index (χ0n) is 14.0. The number of para-hydroxylation sites is 2. The largest absolute Gasteiger partial charge is 0.482 e. The Bertz CT molecular complexity index is 544. The zero-order valence-corrected chi connectivity index (χ0v) is 14.0. The molecular formula is C17H25N3O4. The Kier molecular flexibility index (Phi) is 7.51. The molecule has 132 valence electrons. The van der Waals surface area contributed by atoms with Gasteiger partial charge in [0, 0.05) is 19.5 Å². The van der Waals surface area contributed by atoms with Crippen LogP contribution in [-0.2, 0) is 14.3 Å². The average Bonchev–Trinajstić information content (AvgIpc) is 2.61. The Morgan fingerprint density at radius 3 is 2.75 bits per heavy atom.